The summed E-state index contributed by atoms with van der Waals surface area (Å²) in [5.41, 5.74) is 1.25. The van der Waals surface area contributed by atoms with Crippen molar-refractivity contribution in [1.82, 2.24) is 10.2 Å². The highest BCUT2D eigenvalue weighted by atomic mass is 16.6. The maximum atomic E-state index is 10.6. The molecular formula is C14H21N3O2. The fourth-order valence-electron chi connectivity index (χ4n) is 2.44. The van der Waals surface area contributed by atoms with Gasteiger partial charge in [-0.1, -0.05) is 12.1 Å². The van der Waals surface area contributed by atoms with Crippen molar-refractivity contribution in [3.05, 3.63) is 39.9 Å². The molecule has 0 saturated carbocycles. The second kappa shape index (κ2) is 6.63. The third-order valence-electron chi connectivity index (χ3n) is 3.69. The van der Waals surface area contributed by atoms with Crippen molar-refractivity contribution in [1.29, 1.82) is 0 Å². The SMILES string of the molecule is CN1CCCC(NCc2ccc([N+](=O)[O-])cc2)CC1. The summed E-state index contributed by atoms with van der Waals surface area (Å²) in [6.07, 6.45) is 3.61. The van der Waals surface area contributed by atoms with E-state index in [1.807, 2.05) is 12.1 Å². The standard InChI is InChI=1S/C14H21N3O2/c1-16-9-2-3-13(8-10-16)15-11-12-4-6-14(7-5-12)17(18)19/h4-7,13,15H,2-3,8-11H2,1H3. The van der Waals surface area contributed by atoms with Crippen LogP contribution < -0.4 is 5.32 Å². The lowest BCUT2D eigenvalue weighted by molar-refractivity contribution is -0.384. The van der Waals surface area contributed by atoms with E-state index >= 15 is 0 Å². The summed E-state index contributed by atoms with van der Waals surface area (Å²) in [7, 11) is 2.17. The highest BCUT2D eigenvalue weighted by Crippen LogP contribution is 2.13. The lowest BCUT2D eigenvalue weighted by Gasteiger charge is -2.16. The molecule has 0 aromatic heterocycles. The van der Waals surface area contributed by atoms with E-state index in [1.54, 1.807) is 12.1 Å². The molecule has 1 fully saturated rings. The number of hydrogen-bond acceptors (Lipinski definition) is 4. The van der Waals surface area contributed by atoms with Gasteiger partial charge in [0.25, 0.3) is 5.69 Å². The largest absolute Gasteiger partial charge is 0.310 e. The number of rotatable bonds is 4. The van der Waals surface area contributed by atoms with Gasteiger partial charge in [-0.2, -0.15) is 0 Å². The van der Waals surface area contributed by atoms with Crippen molar-refractivity contribution in [3.8, 4) is 0 Å². The van der Waals surface area contributed by atoms with Gasteiger partial charge in [-0.15, -0.1) is 0 Å². The molecule has 1 heterocycles. The predicted molar refractivity (Wildman–Crippen MR) is 75.1 cm³/mol. The molecule has 5 nitrogen and oxygen atoms in total. The molecule has 19 heavy (non-hydrogen) atoms. The number of nitro groups is 1. The van der Waals surface area contributed by atoms with Crippen LogP contribution in [0.2, 0.25) is 0 Å². The molecule has 1 aromatic carbocycles. The molecule has 5 heteroatoms. The number of benzene rings is 1. The fraction of sp³-hybridized carbons (Fsp3) is 0.571. The van der Waals surface area contributed by atoms with Crippen LogP contribution >= 0.6 is 0 Å². The summed E-state index contributed by atoms with van der Waals surface area (Å²) in [4.78, 5) is 12.6. The van der Waals surface area contributed by atoms with Crippen molar-refractivity contribution in [2.24, 2.45) is 0 Å². The van der Waals surface area contributed by atoms with E-state index in [2.05, 4.69) is 17.3 Å². The Bertz CT molecular complexity index is 419. The Balaban J connectivity index is 1.83. The monoisotopic (exact) mass is 263 g/mol. The molecule has 0 radical (unpaired) electrons. The Kier molecular flexibility index (Phi) is 4.87. The fourth-order valence-corrected chi connectivity index (χ4v) is 2.44. The van der Waals surface area contributed by atoms with Gasteiger partial charge in [0.15, 0.2) is 0 Å². The number of nitro benzene ring substituents is 1. The van der Waals surface area contributed by atoms with Crippen LogP contribution in [0.15, 0.2) is 24.3 Å². The van der Waals surface area contributed by atoms with Gasteiger partial charge in [-0.05, 0) is 45.0 Å². The maximum absolute atomic E-state index is 10.6. The van der Waals surface area contributed by atoms with Crippen molar-refractivity contribution in [2.45, 2.75) is 31.8 Å². The molecule has 0 spiro atoms. The van der Waals surface area contributed by atoms with E-state index in [0.29, 0.717) is 6.04 Å². The highest BCUT2D eigenvalue weighted by molar-refractivity contribution is 5.32. The van der Waals surface area contributed by atoms with Gasteiger partial charge in [0.05, 0.1) is 4.92 Å². The topological polar surface area (TPSA) is 58.4 Å². The first-order valence-corrected chi connectivity index (χ1v) is 6.80. The molecule has 1 atom stereocenters. The van der Waals surface area contributed by atoms with Gasteiger partial charge in [0.1, 0.15) is 0 Å². The van der Waals surface area contributed by atoms with Gasteiger partial charge in [-0.3, -0.25) is 10.1 Å². The molecule has 0 bridgehead atoms. The first-order chi connectivity index (χ1) is 9.15. The third kappa shape index (κ3) is 4.29. The average molecular weight is 263 g/mol. The number of hydrogen-bond donors (Lipinski definition) is 1. The van der Waals surface area contributed by atoms with Crippen LogP contribution in [0.25, 0.3) is 0 Å². The molecule has 2 rings (SSSR count). The second-order valence-electron chi connectivity index (χ2n) is 5.24. The van der Waals surface area contributed by atoms with Crippen molar-refractivity contribution < 1.29 is 4.92 Å². The first-order valence-electron chi connectivity index (χ1n) is 6.80. The van der Waals surface area contributed by atoms with E-state index in [0.717, 1.165) is 18.7 Å². The quantitative estimate of drug-likeness (QED) is 0.668. The Morgan fingerprint density at radius 2 is 2.05 bits per heavy atom. The number of non-ortho nitro benzene ring substituents is 1. The number of nitrogens with zero attached hydrogens (tertiary/aromatic N) is 2. The van der Waals surface area contributed by atoms with E-state index in [9.17, 15) is 10.1 Å². The van der Waals surface area contributed by atoms with Crippen LogP contribution in [0.3, 0.4) is 0 Å². The molecule has 0 amide bonds. The Hall–Kier alpha value is -1.46. The Labute approximate surface area is 113 Å². The minimum absolute atomic E-state index is 0.153. The number of likely N-dealkylation sites (tertiary alicyclic amines) is 1. The lowest BCUT2D eigenvalue weighted by atomic mass is 10.1. The van der Waals surface area contributed by atoms with Crippen LogP contribution in [0.1, 0.15) is 24.8 Å². The average Bonchev–Trinajstić information content (AvgIpc) is 2.61. The Morgan fingerprint density at radius 3 is 2.74 bits per heavy atom. The van der Waals surface area contributed by atoms with Gasteiger partial charge < -0.3 is 10.2 Å². The summed E-state index contributed by atoms with van der Waals surface area (Å²) >= 11 is 0. The summed E-state index contributed by atoms with van der Waals surface area (Å²) in [6, 6.07) is 7.35. The van der Waals surface area contributed by atoms with Crippen LogP contribution in [0.4, 0.5) is 5.69 Å². The van der Waals surface area contributed by atoms with Crippen molar-refractivity contribution in [3.63, 3.8) is 0 Å². The van der Waals surface area contributed by atoms with Crippen LogP contribution in [-0.4, -0.2) is 36.0 Å². The molecule has 1 aliphatic rings. The molecule has 1 N–H and O–H groups in total. The molecule has 1 aliphatic heterocycles. The summed E-state index contributed by atoms with van der Waals surface area (Å²) in [6.45, 7) is 3.10. The first kappa shape index (κ1) is 14.0. The van der Waals surface area contributed by atoms with Crippen LogP contribution in [0.5, 0.6) is 0 Å². The summed E-state index contributed by atoms with van der Waals surface area (Å²) in [5.74, 6) is 0. The van der Waals surface area contributed by atoms with Gasteiger partial charge >= 0.3 is 0 Å². The molecule has 0 aliphatic carbocycles. The third-order valence-corrected chi connectivity index (χ3v) is 3.69. The summed E-state index contributed by atoms with van der Waals surface area (Å²) in [5, 5.41) is 14.1. The zero-order chi connectivity index (χ0) is 13.7. The van der Waals surface area contributed by atoms with Crippen LogP contribution in [0, 0.1) is 10.1 Å². The zero-order valence-corrected chi connectivity index (χ0v) is 11.3. The second-order valence-corrected chi connectivity index (χ2v) is 5.24. The van der Waals surface area contributed by atoms with E-state index < -0.39 is 0 Å². The van der Waals surface area contributed by atoms with E-state index in [4.69, 9.17) is 0 Å². The smallest absolute Gasteiger partial charge is 0.269 e. The van der Waals surface area contributed by atoms with Gasteiger partial charge in [0, 0.05) is 24.7 Å². The highest BCUT2D eigenvalue weighted by Gasteiger charge is 2.14. The number of nitrogens with one attached hydrogen (secondary N) is 1. The molecule has 1 aromatic rings. The molecule has 1 saturated heterocycles. The summed E-state index contributed by atoms with van der Waals surface area (Å²) < 4.78 is 0. The van der Waals surface area contributed by atoms with E-state index in [1.165, 1.54) is 25.8 Å². The van der Waals surface area contributed by atoms with Gasteiger partial charge in [-0.25, -0.2) is 0 Å². The van der Waals surface area contributed by atoms with E-state index in [-0.39, 0.29) is 10.6 Å². The normalized spacial score (nSPS) is 21.0. The maximum Gasteiger partial charge on any atom is 0.269 e. The minimum Gasteiger partial charge on any atom is -0.310 e. The van der Waals surface area contributed by atoms with Gasteiger partial charge in [0.2, 0.25) is 0 Å². The van der Waals surface area contributed by atoms with Crippen LogP contribution in [-0.2, 0) is 6.54 Å². The lowest BCUT2D eigenvalue weighted by Crippen LogP contribution is -2.29. The minimum atomic E-state index is -0.363. The molecule has 1 unspecified atom stereocenters. The Morgan fingerprint density at radius 1 is 1.32 bits per heavy atom. The van der Waals surface area contributed by atoms with Crippen molar-refractivity contribution >= 4 is 5.69 Å². The molecular weight excluding hydrogens is 242 g/mol. The van der Waals surface area contributed by atoms with Crippen molar-refractivity contribution in [2.75, 3.05) is 20.1 Å². The molecule has 104 valence electrons. The zero-order valence-electron chi connectivity index (χ0n) is 11.3. The predicted octanol–water partition coefficient (Wildman–Crippen LogP) is 2.17.